The summed E-state index contributed by atoms with van der Waals surface area (Å²) in [5, 5.41) is 3.63. The second-order valence-corrected chi connectivity index (χ2v) is 8.47. The molecule has 4 heteroatoms. The first-order valence-electron chi connectivity index (χ1n) is 7.87. The zero-order valence-corrected chi connectivity index (χ0v) is 13.6. The van der Waals surface area contributed by atoms with Crippen molar-refractivity contribution in [2.45, 2.75) is 64.8 Å². The van der Waals surface area contributed by atoms with Crippen LogP contribution in [0, 0.1) is 11.8 Å². The van der Waals surface area contributed by atoms with Crippen molar-refractivity contribution < 1.29 is 8.42 Å². The van der Waals surface area contributed by atoms with Crippen molar-refractivity contribution in [3.63, 3.8) is 0 Å². The molecule has 3 atom stereocenters. The van der Waals surface area contributed by atoms with Crippen LogP contribution < -0.4 is 5.32 Å². The topological polar surface area (TPSA) is 46.2 Å². The maximum absolute atomic E-state index is 11.4. The van der Waals surface area contributed by atoms with E-state index in [1.807, 2.05) is 0 Å². The Balaban J connectivity index is 2.54. The highest BCUT2D eigenvalue weighted by Crippen LogP contribution is 2.34. The van der Waals surface area contributed by atoms with Crippen LogP contribution in [0.2, 0.25) is 0 Å². The van der Waals surface area contributed by atoms with Gasteiger partial charge in [-0.2, -0.15) is 0 Å². The van der Waals surface area contributed by atoms with Crippen LogP contribution in [0.3, 0.4) is 0 Å². The van der Waals surface area contributed by atoms with E-state index in [4.69, 9.17) is 0 Å². The van der Waals surface area contributed by atoms with Gasteiger partial charge in [0.1, 0.15) is 9.84 Å². The fraction of sp³-hybridized carbons (Fsp3) is 1.00. The summed E-state index contributed by atoms with van der Waals surface area (Å²) in [6, 6.07) is 0.537. The fourth-order valence-corrected chi connectivity index (χ4v) is 4.05. The Morgan fingerprint density at radius 3 is 2.42 bits per heavy atom. The van der Waals surface area contributed by atoms with E-state index in [1.54, 1.807) is 0 Å². The molecule has 0 bridgehead atoms. The number of sulfone groups is 1. The highest BCUT2D eigenvalue weighted by Gasteiger charge is 2.30. The van der Waals surface area contributed by atoms with Crippen molar-refractivity contribution in [3.8, 4) is 0 Å². The largest absolute Gasteiger partial charge is 0.314 e. The van der Waals surface area contributed by atoms with Gasteiger partial charge in [0.15, 0.2) is 0 Å². The van der Waals surface area contributed by atoms with Crippen LogP contribution in [0.5, 0.6) is 0 Å². The Bertz CT molecular complexity index is 340. The molecule has 3 nitrogen and oxygen atoms in total. The fourth-order valence-electron chi connectivity index (χ4n) is 3.31. The van der Waals surface area contributed by atoms with Crippen molar-refractivity contribution in [3.05, 3.63) is 0 Å². The molecule has 19 heavy (non-hydrogen) atoms. The molecule has 0 aromatic carbocycles. The molecular formula is C15H31NO2S. The third-order valence-corrected chi connectivity index (χ3v) is 5.28. The van der Waals surface area contributed by atoms with E-state index in [9.17, 15) is 8.42 Å². The first-order chi connectivity index (χ1) is 8.96. The highest BCUT2D eigenvalue weighted by atomic mass is 32.2. The molecule has 1 fully saturated rings. The Hall–Kier alpha value is -0.0900. The van der Waals surface area contributed by atoms with Crippen LogP contribution >= 0.6 is 0 Å². The number of hydrogen-bond donors (Lipinski definition) is 1. The molecule has 0 aliphatic heterocycles. The van der Waals surface area contributed by atoms with E-state index in [1.165, 1.54) is 38.4 Å². The van der Waals surface area contributed by atoms with E-state index < -0.39 is 9.84 Å². The summed E-state index contributed by atoms with van der Waals surface area (Å²) in [5.74, 6) is 1.71. The van der Waals surface area contributed by atoms with Gasteiger partial charge in [-0.25, -0.2) is 8.42 Å². The van der Waals surface area contributed by atoms with E-state index >= 15 is 0 Å². The summed E-state index contributed by atoms with van der Waals surface area (Å²) >= 11 is 0. The zero-order chi connectivity index (χ0) is 14.3. The van der Waals surface area contributed by atoms with Gasteiger partial charge in [-0.05, 0) is 50.5 Å². The van der Waals surface area contributed by atoms with Gasteiger partial charge in [-0.15, -0.1) is 0 Å². The van der Waals surface area contributed by atoms with Crippen LogP contribution in [0.15, 0.2) is 0 Å². The van der Waals surface area contributed by atoms with Gasteiger partial charge in [-0.3, -0.25) is 0 Å². The van der Waals surface area contributed by atoms with Crippen molar-refractivity contribution in [2.75, 3.05) is 18.6 Å². The third-order valence-electron chi connectivity index (χ3n) is 4.30. The lowest BCUT2D eigenvalue weighted by atomic mass is 9.75. The molecule has 0 heterocycles. The normalized spacial score (nSPS) is 28.5. The van der Waals surface area contributed by atoms with Crippen LogP contribution in [0.4, 0.5) is 0 Å². The Kier molecular flexibility index (Phi) is 7.37. The lowest BCUT2D eigenvalue weighted by Crippen LogP contribution is -2.41. The molecule has 1 rings (SSSR count). The molecule has 114 valence electrons. The van der Waals surface area contributed by atoms with Gasteiger partial charge in [0.05, 0.1) is 5.75 Å². The van der Waals surface area contributed by atoms with Crippen molar-refractivity contribution >= 4 is 9.84 Å². The maximum Gasteiger partial charge on any atom is 0.147 e. The molecule has 0 radical (unpaired) electrons. The molecular weight excluding hydrogens is 258 g/mol. The van der Waals surface area contributed by atoms with Gasteiger partial charge >= 0.3 is 0 Å². The van der Waals surface area contributed by atoms with Crippen LogP contribution in [-0.4, -0.2) is 33.0 Å². The SMILES string of the molecule is CCCNC1CCC(CCC)CC1CCS(C)(=O)=O. The zero-order valence-electron chi connectivity index (χ0n) is 12.8. The van der Waals surface area contributed by atoms with Crippen molar-refractivity contribution in [2.24, 2.45) is 11.8 Å². The summed E-state index contributed by atoms with van der Waals surface area (Å²) in [6.07, 6.45) is 9.63. The van der Waals surface area contributed by atoms with Gasteiger partial charge in [0.25, 0.3) is 0 Å². The Labute approximate surface area is 119 Å². The maximum atomic E-state index is 11.4. The average molecular weight is 289 g/mol. The quantitative estimate of drug-likeness (QED) is 0.747. The Morgan fingerprint density at radius 1 is 1.11 bits per heavy atom. The van der Waals surface area contributed by atoms with E-state index in [0.29, 0.717) is 17.7 Å². The molecule has 1 aliphatic carbocycles. The standard InChI is InChI=1S/C15H31NO2S/c1-4-6-13-7-8-15(16-10-5-2)14(12-13)9-11-19(3,17)18/h13-16H,4-12H2,1-3H3. The molecule has 1 N–H and O–H groups in total. The summed E-state index contributed by atoms with van der Waals surface area (Å²) in [6.45, 7) is 5.48. The molecule has 0 aromatic heterocycles. The Morgan fingerprint density at radius 2 is 1.84 bits per heavy atom. The second kappa shape index (κ2) is 8.25. The predicted octanol–water partition coefficient (Wildman–Crippen LogP) is 3.01. The predicted molar refractivity (Wildman–Crippen MR) is 82.1 cm³/mol. The third kappa shape index (κ3) is 6.75. The minimum atomic E-state index is -2.82. The molecule has 0 saturated heterocycles. The van der Waals surface area contributed by atoms with Gasteiger partial charge in [0.2, 0.25) is 0 Å². The smallest absolute Gasteiger partial charge is 0.147 e. The molecule has 1 aliphatic rings. The molecule has 0 amide bonds. The highest BCUT2D eigenvalue weighted by molar-refractivity contribution is 7.90. The molecule has 1 saturated carbocycles. The molecule has 3 unspecified atom stereocenters. The molecule has 0 aromatic rings. The lowest BCUT2D eigenvalue weighted by molar-refractivity contribution is 0.191. The number of rotatable bonds is 8. The first kappa shape index (κ1) is 17.0. The summed E-state index contributed by atoms with van der Waals surface area (Å²) in [5.41, 5.74) is 0. The van der Waals surface area contributed by atoms with Gasteiger partial charge in [-0.1, -0.05) is 26.7 Å². The van der Waals surface area contributed by atoms with Crippen LogP contribution in [0.25, 0.3) is 0 Å². The molecule has 0 spiro atoms. The lowest BCUT2D eigenvalue weighted by Gasteiger charge is -2.37. The summed E-state index contributed by atoms with van der Waals surface area (Å²) < 4.78 is 22.8. The van der Waals surface area contributed by atoms with E-state index in [2.05, 4.69) is 19.2 Å². The summed E-state index contributed by atoms with van der Waals surface area (Å²) in [4.78, 5) is 0. The first-order valence-corrected chi connectivity index (χ1v) is 9.93. The minimum absolute atomic E-state index is 0.348. The number of hydrogen-bond acceptors (Lipinski definition) is 3. The van der Waals surface area contributed by atoms with Gasteiger partial charge < -0.3 is 5.32 Å². The average Bonchev–Trinajstić information content (AvgIpc) is 2.34. The monoisotopic (exact) mass is 289 g/mol. The van der Waals surface area contributed by atoms with Crippen LogP contribution in [0.1, 0.15) is 58.8 Å². The van der Waals surface area contributed by atoms with E-state index in [0.717, 1.165) is 25.3 Å². The second-order valence-electron chi connectivity index (χ2n) is 6.21. The van der Waals surface area contributed by atoms with Gasteiger partial charge in [0, 0.05) is 12.3 Å². The minimum Gasteiger partial charge on any atom is -0.314 e. The van der Waals surface area contributed by atoms with Crippen molar-refractivity contribution in [1.82, 2.24) is 5.32 Å². The summed E-state index contributed by atoms with van der Waals surface area (Å²) in [7, 11) is -2.82. The number of nitrogens with one attached hydrogen (secondary N) is 1. The van der Waals surface area contributed by atoms with Crippen molar-refractivity contribution in [1.29, 1.82) is 0 Å². The van der Waals surface area contributed by atoms with Crippen LogP contribution in [-0.2, 0) is 9.84 Å². The van der Waals surface area contributed by atoms with E-state index in [-0.39, 0.29) is 0 Å².